The standard InChI is InChI=1S/C20H19F3O2/c1-12-6-18(22)20(19(23)7-12)17-11-25-10-14(17)9-16(24)8-13-2-4-15(21)5-3-13/h2-7,14,17H,8-11H2,1H3/t14-,17?/m0/s1. The molecule has 2 nitrogen and oxygen atoms in total. The summed E-state index contributed by atoms with van der Waals surface area (Å²) >= 11 is 0. The highest BCUT2D eigenvalue weighted by Gasteiger charge is 2.34. The van der Waals surface area contributed by atoms with Gasteiger partial charge in [0.2, 0.25) is 0 Å². The van der Waals surface area contributed by atoms with E-state index >= 15 is 0 Å². The molecule has 1 unspecified atom stereocenters. The van der Waals surface area contributed by atoms with Gasteiger partial charge in [-0.1, -0.05) is 12.1 Å². The molecule has 1 aliphatic rings. The Hall–Kier alpha value is -2.14. The molecule has 0 radical (unpaired) electrons. The van der Waals surface area contributed by atoms with Gasteiger partial charge in [-0.3, -0.25) is 4.79 Å². The van der Waals surface area contributed by atoms with Gasteiger partial charge < -0.3 is 4.74 Å². The summed E-state index contributed by atoms with van der Waals surface area (Å²) in [5.41, 5.74) is 1.24. The summed E-state index contributed by atoms with van der Waals surface area (Å²) in [4.78, 5) is 12.3. The van der Waals surface area contributed by atoms with Crippen LogP contribution < -0.4 is 0 Å². The van der Waals surface area contributed by atoms with Gasteiger partial charge in [-0.25, -0.2) is 13.2 Å². The zero-order chi connectivity index (χ0) is 18.0. The fourth-order valence-corrected chi connectivity index (χ4v) is 3.38. The number of halogens is 3. The number of rotatable bonds is 5. The minimum atomic E-state index is -0.594. The summed E-state index contributed by atoms with van der Waals surface area (Å²) in [6.07, 6.45) is 0.344. The van der Waals surface area contributed by atoms with E-state index in [1.807, 2.05) is 0 Å². The topological polar surface area (TPSA) is 26.3 Å². The van der Waals surface area contributed by atoms with Crippen LogP contribution in [0, 0.1) is 30.3 Å². The number of ketones is 1. The number of ether oxygens (including phenoxy) is 1. The fraction of sp³-hybridized carbons (Fsp3) is 0.350. The maximum atomic E-state index is 14.2. The minimum Gasteiger partial charge on any atom is -0.380 e. The molecule has 0 spiro atoms. The molecular weight excluding hydrogens is 329 g/mol. The second kappa shape index (κ2) is 7.40. The first-order valence-electron chi connectivity index (χ1n) is 8.23. The lowest BCUT2D eigenvalue weighted by molar-refractivity contribution is -0.119. The van der Waals surface area contributed by atoms with Gasteiger partial charge >= 0.3 is 0 Å². The molecule has 3 rings (SSSR count). The Morgan fingerprint density at radius 2 is 1.72 bits per heavy atom. The largest absolute Gasteiger partial charge is 0.380 e. The molecule has 0 aliphatic carbocycles. The van der Waals surface area contributed by atoms with Crippen LogP contribution in [0.5, 0.6) is 0 Å². The van der Waals surface area contributed by atoms with Crippen molar-refractivity contribution in [2.24, 2.45) is 5.92 Å². The van der Waals surface area contributed by atoms with Crippen molar-refractivity contribution in [1.82, 2.24) is 0 Å². The minimum absolute atomic E-state index is 0.00248. The molecule has 0 saturated carbocycles. The van der Waals surface area contributed by atoms with Crippen molar-refractivity contribution in [2.75, 3.05) is 13.2 Å². The third-order valence-corrected chi connectivity index (χ3v) is 4.60. The predicted molar refractivity (Wildman–Crippen MR) is 87.9 cm³/mol. The van der Waals surface area contributed by atoms with Gasteiger partial charge in [-0.05, 0) is 48.2 Å². The van der Waals surface area contributed by atoms with Gasteiger partial charge in [0.25, 0.3) is 0 Å². The van der Waals surface area contributed by atoms with Crippen molar-refractivity contribution in [3.63, 3.8) is 0 Å². The number of Topliss-reactive ketones (excluding diaryl/α,β-unsaturated/α-hetero) is 1. The highest BCUT2D eigenvalue weighted by atomic mass is 19.1. The summed E-state index contributed by atoms with van der Waals surface area (Å²) in [6, 6.07) is 8.34. The Morgan fingerprint density at radius 1 is 1.08 bits per heavy atom. The van der Waals surface area contributed by atoms with Gasteiger partial charge in [0, 0.05) is 24.3 Å². The molecule has 1 heterocycles. The molecule has 1 saturated heterocycles. The first-order valence-corrected chi connectivity index (χ1v) is 8.23. The van der Waals surface area contributed by atoms with E-state index in [1.165, 1.54) is 24.3 Å². The molecule has 132 valence electrons. The van der Waals surface area contributed by atoms with E-state index in [4.69, 9.17) is 4.74 Å². The maximum absolute atomic E-state index is 14.2. The highest BCUT2D eigenvalue weighted by Crippen LogP contribution is 2.36. The number of carbonyl (C=O) groups excluding carboxylic acids is 1. The lowest BCUT2D eigenvalue weighted by Gasteiger charge is -2.19. The van der Waals surface area contributed by atoms with Crippen molar-refractivity contribution in [2.45, 2.75) is 25.7 Å². The maximum Gasteiger partial charge on any atom is 0.137 e. The second-order valence-corrected chi connectivity index (χ2v) is 6.59. The van der Waals surface area contributed by atoms with Gasteiger partial charge in [0.05, 0.1) is 13.2 Å². The Kier molecular flexibility index (Phi) is 5.23. The van der Waals surface area contributed by atoms with Crippen molar-refractivity contribution in [1.29, 1.82) is 0 Å². The van der Waals surface area contributed by atoms with Gasteiger partial charge in [0.1, 0.15) is 23.2 Å². The van der Waals surface area contributed by atoms with Gasteiger partial charge in [-0.2, -0.15) is 0 Å². The van der Waals surface area contributed by atoms with E-state index < -0.39 is 17.6 Å². The summed E-state index contributed by atoms with van der Waals surface area (Å²) < 4.78 is 46.8. The number of hydrogen-bond acceptors (Lipinski definition) is 2. The predicted octanol–water partition coefficient (Wildman–Crippen LogP) is 4.34. The van der Waals surface area contributed by atoms with Crippen molar-refractivity contribution < 1.29 is 22.7 Å². The summed E-state index contributed by atoms with van der Waals surface area (Å²) in [6.45, 7) is 2.13. The van der Waals surface area contributed by atoms with E-state index in [2.05, 4.69) is 0 Å². The number of carbonyl (C=O) groups is 1. The fourth-order valence-electron chi connectivity index (χ4n) is 3.38. The van der Waals surface area contributed by atoms with E-state index in [0.717, 1.165) is 5.56 Å². The Morgan fingerprint density at radius 3 is 2.36 bits per heavy atom. The quantitative estimate of drug-likeness (QED) is 0.803. The highest BCUT2D eigenvalue weighted by molar-refractivity contribution is 5.81. The van der Waals surface area contributed by atoms with E-state index in [-0.39, 0.29) is 42.5 Å². The van der Waals surface area contributed by atoms with Crippen LogP contribution in [-0.2, 0) is 16.0 Å². The van der Waals surface area contributed by atoms with E-state index in [1.54, 1.807) is 19.1 Å². The van der Waals surface area contributed by atoms with Crippen LogP contribution in [0.25, 0.3) is 0 Å². The molecule has 1 fully saturated rings. The Labute approximate surface area is 144 Å². The number of benzene rings is 2. The zero-order valence-electron chi connectivity index (χ0n) is 13.9. The van der Waals surface area contributed by atoms with Crippen LogP contribution in [0.15, 0.2) is 36.4 Å². The molecule has 0 N–H and O–H groups in total. The van der Waals surface area contributed by atoms with Gasteiger partial charge in [-0.15, -0.1) is 0 Å². The molecule has 5 heteroatoms. The normalized spacial score (nSPS) is 20.0. The van der Waals surface area contributed by atoms with Crippen LogP contribution in [0.3, 0.4) is 0 Å². The van der Waals surface area contributed by atoms with Gasteiger partial charge in [0.15, 0.2) is 0 Å². The molecule has 2 atom stereocenters. The molecule has 0 bridgehead atoms. The summed E-state index contributed by atoms with van der Waals surface area (Å²) in [5, 5.41) is 0. The monoisotopic (exact) mass is 348 g/mol. The smallest absolute Gasteiger partial charge is 0.137 e. The van der Waals surface area contributed by atoms with E-state index in [0.29, 0.717) is 12.2 Å². The molecule has 0 amide bonds. The van der Waals surface area contributed by atoms with Crippen molar-refractivity contribution in [3.05, 3.63) is 70.5 Å². The summed E-state index contributed by atoms with van der Waals surface area (Å²) in [5.74, 6) is -2.34. The van der Waals surface area contributed by atoms with Crippen LogP contribution in [-0.4, -0.2) is 19.0 Å². The first-order chi connectivity index (χ1) is 11.9. The van der Waals surface area contributed by atoms with Crippen LogP contribution in [0.2, 0.25) is 0 Å². The molecule has 1 aliphatic heterocycles. The number of hydrogen-bond donors (Lipinski definition) is 0. The third kappa shape index (κ3) is 4.10. The first kappa shape index (κ1) is 17.7. The Bertz CT molecular complexity index is 748. The lowest BCUT2D eigenvalue weighted by atomic mass is 9.84. The van der Waals surface area contributed by atoms with Crippen molar-refractivity contribution >= 4 is 5.78 Å². The molecule has 0 aromatic heterocycles. The number of aryl methyl sites for hydroxylation is 1. The van der Waals surface area contributed by atoms with Crippen LogP contribution in [0.4, 0.5) is 13.2 Å². The Balaban J connectivity index is 1.72. The van der Waals surface area contributed by atoms with Crippen molar-refractivity contribution in [3.8, 4) is 0 Å². The average Bonchev–Trinajstić information content (AvgIpc) is 2.96. The van der Waals surface area contributed by atoms with Crippen LogP contribution in [0.1, 0.15) is 29.0 Å². The SMILES string of the molecule is Cc1cc(F)c(C2COC[C@@H]2CC(=O)Cc2ccc(F)cc2)c(F)c1. The molecule has 2 aromatic carbocycles. The van der Waals surface area contributed by atoms with Crippen LogP contribution >= 0.6 is 0 Å². The average molecular weight is 348 g/mol. The molecule has 25 heavy (non-hydrogen) atoms. The van der Waals surface area contributed by atoms with E-state index in [9.17, 15) is 18.0 Å². The molecule has 2 aromatic rings. The second-order valence-electron chi connectivity index (χ2n) is 6.59. The molecular formula is C20H19F3O2. The summed E-state index contributed by atoms with van der Waals surface area (Å²) in [7, 11) is 0. The zero-order valence-corrected chi connectivity index (χ0v) is 13.9. The lowest BCUT2D eigenvalue weighted by Crippen LogP contribution is -2.19. The third-order valence-electron chi connectivity index (χ3n) is 4.60.